The van der Waals surface area contributed by atoms with Gasteiger partial charge < -0.3 is 25.5 Å². The number of rotatable bonds is 7. The zero-order valence-electron chi connectivity index (χ0n) is 13.5. The standard InChI is InChI=1S/C14H21N5O6/c20-8-10(13(23)15-1-2-19-3-5-25-6-4-19)17-11(21)9-7-16-14(24)18-12(9)22/h7,10,20H,1-6,8H2,(H,15,23)(H,17,21)(H2,16,18,22,24)/t10-/m0/s1. The highest BCUT2D eigenvalue weighted by Crippen LogP contribution is 1.95. The summed E-state index contributed by atoms with van der Waals surface area (Å²) in [6.45, 7) is 3.21. The van der Waals surface area contributed by atoms with E-state index >= 15 is 0 Å². The molecule has 0 spiro atoms. The Hall–Kier alpha value is -2.50. The summed E-state index contributed by atoms with van der Waals surface area (Å²) in [6.07, 6.45) is 0.946. The summed E-state index contributed by atoms with van der Waals surface area (Å²) in [4.78, 5) is 52.7. The van der Waals surface area contributed by atoms with E-state index in [1.54, 1.807) is 0 Å². The van der Waals surface area contributed by atoms with Gasteiger partial charge in [-0.3, -0.25) is 24.3 Å². The van der Waals surface area contributed by atoms with Gasteiger partial charge in [-0.05, 0) is 0 Å². The van der Waals surface area contributed by atoms with Crippen LogP contribution in [0.5, 0.6) is 0 Å². The smallest absolute Gasteiger partial charge is 0.325 e. The number of hydrogen-bond donors (Lipinski definition) is 5. The lowest BCUT2D eigenvalue weighted by molar-refractivity contribution is -0.123. The van der Waals surface area contributed by atoms with Gasteiger partial charge in [-0.2, -0.15) is 0 Å². The van der Waals surface area contributed by atoms with Crippen molar-refractivity contribution < 1.29 is 19.4 Å². The molecule has 5 N–H and O–H groups in total. The van der Waals surface area contributed by atoms with Gasteiger partial charge in [0.1, 0.15) is 11.6 Å². The van der Waals surface area contributed by atoms with Crippen LogP contribution in [0.3, 0.4) is 0 Å². The molecule has 1 saturated heterocycles. The van der Waals surface area contributed by atoms with Gasteiger partial charge in [-0.25, -0.2) is 4.79 Å². The third-order valence-corrected chi connectivity index (χ3v) is 3.70. The predicted molar refractivity (Wildman–Crippen MR) is 86.3 cm³/mol. The monoisotopic (exact) mass is 355 g/mol. The molecule has 25 heavy (non-hydrogen) atoms. The van der Waals surface area contributed by atoms with Crippen molar-refractivity contribution in [2.75, 3.05) is 46.0 Å². The molecule has 1 aromatic rings. The summed E-state index contributed by atoms with van der Waals surface area (Å²) < 4.78 is 5.23. The second-order valence-corrected chi connectivity index (χ2v) is 5.44. The highest BCUT2D eigenvalue weighted by molar-refractivity contribution is 5.97. The molecule has 138 valence electrons. The average Bonchev–Trinajstić information content (AvgIpc) is 2.60. The van der Waals surface area contributed by atoms with Crippen LogP contribution in [0, 0.1) is 0 Å². The number of amides is 2. The van der Waals surface area contributed by atoms with Crippen molar-refractivity contribution in [1.82, 2.24) is 25.5 Å². The maximum absolute atomic E-state index is 12.0. The van der Waals surface area contributed by atoms with E-state index < -0.39 is 35.7 Å². The number of hydrogen-bond acceptors (Lipinski definition) is 7. The summed E-state index contributed by atoms with van der Waals surface area (Å²) in [7, 11) is 0. The normalized spacial score (nSPS) is 16.2. The van der Waals surface area contributed by atoms with E-state index in [0.717, 1.165) is 19.3 Å². The number of aromatic amines is 2. The van der Waals surface area contributed by atoms with Crippen molar-refractivity contribution in [3.63, 3.8) is 0 Å². The first-order chi connectivity index (χ1) is 12.0. The van der Waals surface area contributed by atoms with Gasteiger partial charge in [0.2, 0.25) is 5.91 Å². The SMILES string of the molecule is O=C(N[C@@H](CO)C(=O)NCCN1CCOCC1)c1c[nH]c(=O)[nH]c1=O. The van der Waals surface area contributed by atoms with E-state index in [9.17, 15) is 24.3 Å². The Balaban J connectivity index is 1.85. The van der Waals surface area contributed by atoms with Crippen LogP contribution in [0.2, 0.25) is 0 Å². The highest BCUT2D eigenvalue weighted by atomic mass is 16.5. The van der Waals surface area contributed by atoms with Crippen LogP contribution in [-0.2, 0) is 9.53 Å². The number of morpholine rings is 1. The van der Waals surface area contributed by atoms with Crippen molar-refractivity contribution in [1.29, 1.82) is 0 Å². The fourth-order valence-corrected chi connectivity index (χ4v) is 2.29. The van der Waals surface area contributed by atoms with E-state index in [4.69, 9.17) is 4.74 Å². The van der Waals surface area contributed by atoms with Crippen LogP contribution in [0.25, 0.3) is 0 Å². The number of H-pyrrole nitrogens is 2. The molecular formula is C14H21N5O6. The van der Waals surface area contributed by atoms with Gasteiger partial charge >= 0.3 is 5.69 Å². The third kappa shape index (κ3) is 5.52. The molecule has 11 heteroatoms. The van der Waals surface area contributed by atoms with E-state index in [0.29, 0.717) is 26.3 Å². The molecule has 2 amide bonds. The van der Waals surface area contributed by atoms with Gasteiger partial charge in [0.25, 0.3) is 11.5 Å². The molecule has 1 aliphatic rings. The van der Waals surface area contributed by atoms with Crippen LogP contribution in [-0.4, -0.2) is 83.8 Å². The lowest BCUT2D eigenvalue weighted by Gasteiger charge is -2.26. The molecule has 0 unspecified atom stereocenters. The Morgan fingerprint density at radius 1 is 1.32 bits per heavy atom. The largest absolute Gasteiger partial charge is 0.394 e. The zero-order valence-corrected chi connectivity index (χ0v) is 13.5. The molecule has 1 fully saturated rings. The molecule has 0 saturated carbocycles. The van der Waals surface area contributed by atoms with Crippen LogP contribution in [0.1, 0.15) is 10.4 Å². The van der Waals surface area contributed by atoms with Crippen LogP contribution in [0.4, 0.5) is 0 Å². The predicted octanol–water partition coefficient (Wildman–Crippen LogP) is -3.40. The number of nitrogens with zero attached hydrogens (tertiary/aromatic N) is 1. The van der Waals surface area contributed by atoms with Gasteiger partial charge in [0, 0.05) is 32.4 Å². The summed E-state index contributed by atoms with van der Waals surface area (Å²) in [5.74, 6) is -1.44. The first-order valence-corrected chi connectivity index (χ1v) is 7.83. The molecule has 1 aliphatic heterocycles. The van der Waals surface area contributed by atoms with E-state index in [2.05, 4.69) is 20.5 Å². The van der Waals surface area contributed by atoms with Gasteiger partial charge in [-0.1, -0.05) is 0 Å². The molecule has 0 bridgehead atoms. The van der Waals surface area contributed by atoms with E-state index in [1.807, 2.05) is 4.98 Å². The van der Waals surface area contributed by atoms with Gasteiger partial charge in [0.05, 0.1) is 19.8 Å². The molecule has 0 aliphatic carbocycles. The minimum Gasteiger partial charge on any atom is -0.394 e. The minimum atomic E-state index is -1.21. The fraction of sp³-hybridized carbons (Fsp3) is 0.571. The number of aromatic nitrogens is 2. The molecule has 1 aromatic heterocycles. The fourth-order valence-electron chi connectivity index (χ4n) is 2.29. The summed E-state index contributed by atoms with van der Waals surface area (Å²) in [5, 5.41) is 14.2. The first kappa shape index (κ1) is 18.8. The minimum absolute atomic E-state index is 0.352. The maximum atomic E-state index is 12.0. The topological polar surface area (TPSA) is 157 Å². The van der Waals surface area contributed by atoms with Gasteiger partial charge in [0.15, 0.2) is 0 Å². The third-order valence-electron chi connectivity index (χ3n) is 3.70. The Morgan fingerprint density at radius 3 is 2.68 bits per heavy atom. The van der Waals surface area contributed by atoms with Crippen molar-refractivity contribution in [2.24, 2.45) is 0 Å². The molecule has 1 atom stereocenters. The Bertz CT molecular complexity index is 708. The summed E-state index contributed by atoms with van der Waals surface area (Å²) in [5.41, 5.74) is -1.99. The lowest BCUT2D eigenvalue weighted by Crippen LogP contribution is -2.51. The number of ether oxygens (including phenoxy) is 1. The molecule has 0 aromatic carbocycles. The van der Waals surface area contributed by atoms with Crippen molar-refractivity contribution in [3.05, 3.63) is 32.6 Å². The number of aliphatic hydroxyl groups excluding tert-OH is 1. The zero-order chi connectivity index (χ0) is 18.2. The lowest BCUT2D eigenvalue weighted by atomic mass is 10.2. The number of carbonyl (C=O) groups is 2. The maximum Gasteiger partial charge on any atom is 0.325 e. The second-order valence-electron chi connectivity index (χ2n) is 5.44. The quantitative estimate of drug-likeness (QED) is 0.341. The highest BCUT2D eigenvalue weighted by Gasteiger charge is 2.22. The number of aliphatic hydroxyl groups is 1. The molecule has 2 heterocycles. The number of nitrogens with one attached hydrogen (secondary N) is 4. The van der Waals surface area contributed by atoms with Crippen molar-refractivity contribution >= 4 is 11.8 Å². The van der Waals surface area contributed by atoms with Crippen molar-refractivity contribution in [2.45, 2.75) is 6.04 Å². The average molecular weight is 355 g/mol. The summed E-state index contributed by atoms with van der Waals surface area (Å²) >= 11 is 0. The Labute approximate surface area is 142 Å². The summed E-state index contributed by atoms with van der Waals surface area (Å²) in [6, 6.07) is -1.21. The van der Waals surface area contributed by atoms with Gasteiger partial charge in [-0.15, -0.1) is 0 Å². The Kier molecular flexibility index (Phi) is 6.86. The molecular weight excluding hydrogens is 334 g/mol. The van der Waals surface area contributed by atoms with E-state index in [-0.39, 0.29) is 5.56 Å². The number of carbonyl (C=O) groups excluding carboxylic acids is 2. The van der Waals surface area contributed by atoms with E-state index in [1.165, 1.54) is 0 Å². The Morgan fingerprint density at radius 2 is 2.04 bits per heavy atom. The molecule has 11 nitrogen and oxygen atoms in total. The van der Waals surface area contributed by atoms with Crippen molar-refractivity contribution in [3.8, 4) is 0 Å². The first-order valence-electron chi connectivity index (χ1n) is 7.83. The second kappa shape index (κ2) is 9.11. The van der Waals surface area contributed by atoms with Crippen LogP contribution in [0.15, 0.2) is 15.8 Å². The molecule has 0 radical (unpaired) electrons. The van der Waals surface area contributed by atoms with Crippen LogP contribution < -0.4 is 21.9 Å². The van der Waals surface area contributed by atoms with Crippen LogP contribution >= 0.6 is 0 Å². The molecule has 2 rings (SSSR count).